The molecule has 0 atom stereocenters. The zero-order valence-electron chi connectivity index (χ0n) is 19.4. The smallest absolute Gasteiger partial charge is 0.343 e. The topological polar surface area (TPSA) is 160 Å². The number of esters is 1. The summed E-state index contributed by atoms with van der Waals surface area (Å²) in [7, 11) is 0. The highest BCUT2D eigenvalue weighted by atomic mass is 16.6. The van der Waals surface area contributed by atoms with E-state index in [-0.39, 0.29) is 30.2 Å². The van der Waals surface area contributed by atoms with Gasteiger partial charge < -0.3 is 14.5 Å². The van der Waals surface area contributed by atoms with Gasteiger partial charge in [0.25, 0.3) is 5.91 Å². The molecule has 0 aliphatic rings. The van der Waals surface area contributed by atoms with E-state index in [4.69, 9.17) is 9.15 Å². The molecule has 0 spiro atoms. The fourth-order valence-corrected chi connectivity index (χ4v) is 3.69. The van der Waals surface area contributed by atoms with Crippen LogP contribution in [0.5, 0.6) is 0 Å². The number of nitrogens with one attached hydrogen (secondary N) is 1. The van der Waals surface area contributed by atoms with Crippen molar-refractivity contribution in [2.75, 3.05) is 11.9 Å². The lowest BCUT2D eigenvalue weighted by Gasteiger charge is -2.08. The van der Waals surface area contributed by atoms with Gasteiger partial charge in [-0.1, -0.05) is 12.1 Å². The summed E-state index contributed by atoms with van der Waals surface area (Å²) in [5.41, 5.74) is 2.37. The van der Waals surface area contributed by atoms with E-state index in [1.807, 2.05) is 6.07 Å². The van der Waals surface area contributed by atoms with Crippen molar-refractivity contribution in [3.8, 4) is 11.3 Å². The van der Waals surface area contributed by atoms with Crippen molar-refractivity contribution >= 4 is 28.9 Å². The van der Waals surface area contributed by atoms with Gasteiger partial charge >= 0.3 is 11.7 Å². The van der Waals surface area contributed by atoms with Gasteiger partial charge in [-0.25, -0.2) is 14.3 Å². The number of anilines is 1. The summed E-state index contributed by atoms with van der Waals surface area (Å²) < 4.78 is 13.6. The molecular formula is C24H19N7O6. The Bertz CT molecular complexity index is 1630. The monoisotopic (exact) mass is 501 g/mol. The van der Waals surface area contributed by atoms with E-state index in [2.05, 4.69) is 20.5 Å². The molecule has 4 aromatic heterocycles. The van der Waals surface area contributed by atoms with Crippen molar-refractivity contribution < 1.29 is 23.7 Å². The number of benzene rings is 1. The van der Waals surface area contributed by atoms with Crippen LogP contribution >= 0.6 is 0 Å². The zero-order chi connectivity index (χ0) is 25.9. The summed E-state index contributed by atoms with van der Waals surface area (Å²) >= 11 is 0. The van der Waals surface area contributed by atoms with Gasteiger partial charge in [-0.05, 0) is 37.3 Å². The minimum absolute atomic E-state index is 0.0690. The number of rotatable bonds is 8. The molecule has 0 aliphatic carbocycles. The second-order valence-corrected chi connectivity index (χ2v) is 7.80. The molecule has 1 N–H and O–H groups in total. The average Bonchev–Trinajstić information content (AvgIpc) is 3.64. The minimum Gasteiger partial charge on any atom is -0.462 e. The molecule has 37 heavy (non-hydrogen) atoms. The fraction of sp³-hybridized carbons (Fsp3) is 0.125. The first-order valence-corrected chi connectivity index (χ1v) is 11.1. The molecule has 0 aliphatic heterocycles. The third-order valence-electron chi connectivity index (χ3n) is 5.35. The van der Waals surface area contributed by atoms with Crippen LogP contribution in [-0.2, 0) is 11.3 Å². The quantitative estimate of drug-likeness (QED) is 0.190. The van der Waals surface area contributed by atoms with E-state index in [0.717, 1.165) is 11.8 Å². The third kappa shape index (κ3) is 4.77. The fourth-order valence-electron chi connectivity index (χ4n) is 3.69. The first kappa shape index (κ1) is 23.4. The SMILES string of the molecule is CCOC(=O)c1cnn2c(-c3cccc(NC(=O)c4ccc(Cn5cc([N+](=O)[O-])cn5)o4)c3)ccnc12. The summed E-state index contributed by atoms with van der Waals surface area (Å²) in [5, 5.41) is 21.8. The maximum absolute atomic E-state index is 12.8. The number of carbonyl (C=O) groups excluding carboxylic acids is 2. The lowest BCUT2D eigenvalue weighted by atomic mass is 10.1. The van der Waals surface area contributed by atoms with Gasteiger partial charge in [0.2, 0.25) is 0 Å². The molecule has 0 radical (unpaired) electrons. The van der Waals surface area contributed by atoms with E-state index in [9.17, 15) is 19.7 Å². The number of ether oxygens (including phenoxy) is 1. The van der Waals surface area contributed by atoms with Crippen molar-refractivity contribution in [1.29, 1.82) is 0 Å². The van der Waals surface area contributed by atoms with Crippen LogP contribution in [0.3, 0.4) is 0 Å². The molecule has 4 heterocycles. The molecule has 0 bridgehead atoms. The lowest BCUT2D eigenvalue weighted by Crippen LogP contribution is -2.11. The Morgan fingerprint density at radius 3 is 2.81 bits per heavy atom. The average molecular weight is 501 g/mol. The van der Waals surface area contributed by atoms with Gasteiger partial charge in [0.1, 0.15) is 23.7 Å². The maximum Gasteiger partial charge on any atom is 0.343 e. The number of amides is 1. The highest BCUT2D eigenvalue weighted by molar-refractivity contribution is 6.02. The number of carbonyl (C=O) groups is 2. The van der Waals surface area contributed by atoms with Gasteiger partial charge in [0.05, 0.1) is 30.0 Å². The van der Waals surface area contributed by atoms with E-state index >= 15 is 0 Å². The molecule has 1 aromatic carbocycles. The summed E-state index contributed by atoms with van der Waals surface area (Å²) in [4.78, 5) is 39.5. The number of hydrogen-bond acceptors (Lipinski definition) is 9. The molecule has 186 valence electrons. The Morgan fingerprint density at radius 1 is 1.16 bits per heavy atom. The zero-order valence-corrected chi connectivity index (χ0v) is 19.4. The van der Waals surface area contributed by atoms with Gasteiger partial charge in [-0.2, -0.15) is 10.2 Å². The predicted octanol–water partition coefficient (Wildman–Crippen LogP) is 3.57. The highest BCUT2D eigenvalue weighted by Crippen LogP contribution is 2.25. The Labute approximate surface area is 208 Å². The summed E-state index contributed by atoms with van der Waals surface area (Å²) in [5.74, 6) is -0.503. The summed E-state index contributed by atoms with van der Waals surface area (Å²) in [6.07, 6.45) is 5.39. The van der Waals surface area contributed by atoms with E-state index < -0.39 is 16.8 Å². The van der Waals surface area contributed by atoms with Crippen LogP contribution in [0.15, 0.2) is 71.7 Å². The molecule has 0 fully saturated rings. The number of nitrogens with zero attached hydrogens (tertiary/aromatic N) is 6. The van der Waals surface area contributed by atoms with Crippen LogP contribution in [0.4, 0.5) is 11.4 Å². The van der Waals surface area contributed by atoms with Crippen molar-refractivity contribution in [1.82, 2.24) is 24.4 Å². The second-order valence-electron chi connectivity index (χ2n) is 7.80. The second kappa shape index (κ2) is 9.73. The molecule has 13 heteroatoms. The Balaban J connectivity index is 1.33. The van der Waals surface area contributed by atoms with Gasteiger partial charge in [0.15, 0.2) is 11.4 Å². The van der Waals surface area contributed by atoms with Crippen molar-refractivity contribution in [2.24, 2.45) is 0 Å². The molecule has 13 nitrogen and oxygen atoms in total. The number of nitro groups is 1. The molecule has 0 saturated heterocycles. The molecule has 5 rings (SSSR count). The van der Waals surface area contributed by atoms with Crippen molar-refractivity contribution in [3.05, 3.63) is 94.5 Å². The van der Waals surface area contributed by atoms with Crippen LogP contribution < -0.4 is 5.32 Å². The van der Waals surface area contributed by atoms with Crippen LogP contribution in [-0.4, -0.2) is 47.8 Å². The normalized spacial score (nSPS) is 10.9. The van der Waals surface area contributed by atoms with Crippen molar-refractivity contribution in [3.63, 3.8) is 0 Å². The van der Waals surface area contributed by atoms with Crippen LogP contribution in [0.2, 0.25) is 0 Å². The first-order chi connectivity index (χ1) is 17.9. The molecule has 1 amide bonds. The lowest BCUT2D eigenvalue weighted by molar-refractivity contribution is -0.385. The largest absolute Gasteiger partial charge is 0.462 e. The van der Waals surface area contributed by atoms with Crippen LogP contribution in [0.1, 0.15) is 33.6 Å². The van der Waals surface area contributed by atoms with E-state index in [1.54, 1.807) is 43.5 Å². The summed E-state index contributed by atoms with van der Waals surface area (Å²) in [6, 6.07) is 11.9. The molecule has 0 saturated carbocycles. The van der Waals surface area contributed by atoms with Gasteiger partial charge in [-0.3, -0.25) is 19.6 Å². The Hall–Kier alpha value is -5.33. The number of aromatic nitrogens is 5. The number of hydrogen-bond donors (Lipinski definition) is 1. The molecule has 5 aromatic rings. The van der Waals surface area contributed by atoms with Crippen molar-refractivity contribution in [2.45, 2.75) is 13.5 Å². The number of furan rings is 1. The third-order valence-corrected chi connectivity index (χ3v) is 5.35. The Kier molecular flexibility index (Phi) is 6.16. The van der Waals surface area contributed by atoms with E-state index in [1.165, 1.54) is 27.7 Å². The maximum atomic E-state index is 12.8. The minimum atomic E-state index is -0.540. The van der Waals surface area contributed by atoms with Crippen LogP contribution in [0, 0.1) is 10.1 Å². The first-order valence-electron chi connectivity index (χ1n) is 11.1. The standard InChI is InChI=1S/C24H19N7O6/c1-2-36-24(33)19-12-27-30-20(8-9-25-22(19)30)15-4-3-5-16(10-15)28-23(32)21-7-6-18(37-21)14-29-13-17(11-26-29)31(34)35/h3-13H,2,14H2,1H3,(H,28,32). The molecular weight excluding hydrogens is 482 g/mol. The van der Waals surface area contributed by atoms with Gasteiger partial charge in [0, 0.05) is 17.4 Å². The van der Waals surface area contributed by atoms with Gasteiger partial charge in [-0.15, -0.1) is 0 Å². The van der Waals surface area contributed by atoms with Crippen LogP contribution in [0.25, 0.3) is 16.9 Å². The Morgan fingerprint density at radius 2 is 2.03 bits per heavy atom. The highest BCUT2D eigenvalue weighted by Gasteiger charge is 2.18. The van der Waals surface area contributed by atoms with E-state index in [0.29, 0.717) is 22.8 Å². The predicted molar refractivity (Wildman–Crippen MR) is 129 cm³/mol. The summed E-state index contributed by atoms with van der Waals surface area (Å²) in [6.45, 7) is 2.09. The molecule has 0 unspecified atom stereocenters. The number of fused-ring (bicyclic) bond motifs is 1.